The van der Waals surface area contributed by atoms with Crippen molar-refractivity contribution in [2.45, 2.75) is 0 Å². The Morgan fingerprint density at radius 3 is 2.04 bits per heavy atom. The second kappa shape index (κ2) is 5.54. The summed E-state index contributed by atoms with van der Waals surface area (Å²) in [5.74, 6) is 0. The van der Waals surface area contributed by atoms with Crippen LogP contribution in [0.3, 0.4) is 0 Å². The zero-order valence-electron chi connectivity index (χ0n) is 12.5. The average Bonchev–Trinajstić information content (AvgIpc) is 2.61. The molecule has 0 radical (unpaired) electrons. The van der Waals surface area contributed by atoms with Crippen LogP contribution in [0.25, 0.3) is 21.5 Å². The van der Waals surface area contributed by atoms with Crippen molar-refractivity contribution in [2.24, 2.45) is 10.2 Å². The zero-order chi connectivity index (χ0) is 15.6. The van der Waals surface area contributed by atoms with Gasteiger partial charge in [0.05, 0.1) is 11.4 Å². The predicted octanol–water partition coefficient (Wildman–Crippen LogP) is 5.99. The minimum atomic E-state index is 0.632. The van der Waals surface area contributed by atoms with Crippen molar-refractivity contribution in [3.63, 3.8) is 0 Å². The number of rotatable bonds is 2. The van der Waals surface area contributed by atoms with E-state index in [1.54, 1.807) is 0 Å². The summed E-state index contributed by atoms with van der Waals surface area (Å²) in [6.07, 6.45) is 0. The van der Waals surface area contributed by atoms with Gasteiger partial charge in [0, 0.05) is 10.8 Å². The van der Waals surface area contributed by atoms with Gasteiger partial charge in [-0.25, -0.2) is 0 Å². The number of fused-ring (bicyclic) bond motifs is 2. The number of hydrogen-bond acceptors (Lipinski definition) is 3. The van der Waals surface area contributed by atoms with E-state index >= 15 is 0 Å². The first-order valence-corrected chi connectivity index (χ1v) is 7.50. The maximum absolute atomic E-state index is 6.11. The summed E-state index contributed by atoms with van der Waals surface area (Å²) in [5, 5.41) is 13.3. The minimum absolute atomic E-state index is 0.632. The van der Waals surface area contributed by atoms with Gasteiger partial charge in [-0.15, -0.1) is 10.2 Å². The molecule has 0 aliphatic carbocycles. The van der Waals surface area contributed by atoms with E-state index in [-0.39, 0.29) is 0 Å². The van der Waals surface area contributed by atoms with Crippen molar-refractivity contribution in [3.8, 4) is 0 Å². The lowest BCUT2D eigenvalue weighted by Gasteiger charge is -2.05. The highest BCUT2D eigenvalue weighted by molar-refractivity contribution is 5.98. The second-order valence-electron chi connectivity index (χ2n) is 5.42. The summed E-state index contributed by atoms with van der Waals surface area (Å²) in [5.41, 5.74) is 8.30. The van der Waals surface area contributed by atoms with Gasteiger partial charge in [-0.3, -0.25) is 0 Å². The maximum Gasteiger partial charge on any atom is 0.116 e. The van der Waals surface area contributed by atoms with Crippen LogP contribution in [0.4, 0.5) is 17.1 Å². The van der Waals surface area contributed by atoms with Crippen LogP contribution < -0.4 is 5.73 Å². The van der Waals surface area contributed by atoms with E-state index in [2.05, 4.69) is 28.4 Å². The summed E-state index contributed by atoms with van der Waals surface area (Å²) in [7, 11) is 0. The molecule has 4 rings (SSSR count). The standard InChI is InChI=1S/C20H15N3/c21-18-13-12-15-7-2-4-10-17(15)20(18)23-22-19-11-5-8-14-6-1-3-9-16(14)19/h1-13H,21H2/b23-22+. The number of azo groups is 1. The lowest BCUT2D eigenvalue weighted by atomic mass is 10.1. The maximum atomic E-state index is 6.11. The molecule has 0 fully saturated rings. The molecule has 0 unspecified atom stereocenters. The van der Waals surface area contributed by atoms with Crippen LogP contribution in [-0.2, 0) is 0 Å². The Balaban J connectivity index is 1.87. The Labute approximate surface area is 134 Å². The number of hydrogen-bond donors (Lipinski definition) is 1. The quantitative estimate of drug-likeness (QED) is 0.358. The molecule has 0 saturated heterocycles. The van der Waals surface area contributed by atoms with Crippen molar-refractivity contribution in [2.75, 3.05) is 5.73 Å². The first kappa shape index (κ1) is 13.5. The molecule has 0 amide bonds. The molecule has 0 aliphatic rings. The Kier molecular flexibility index (Phi) is 3.24. The average molecular weight is 297 g/mol. The van der Waals surface area contributed by atoms with Crippen LogP contribution in [0.5, 0.6) is 0 Å². The van der Waals surface area contributed by atoms with E-state index < -0.39 is 0 Å². The lowest BCUT2D eigenvalue weighted by Crippen LogP contribution is -1.85. The molecule has 3 heteroatoms. The van der Waals surface area contributed by atoms with Gasteiger partial charge < -0.3 is 5.73 Å². The van der Waals surface area contributed by atoms with E-state index in [0.717, 1.165) is 32.9 Å². The van der Waals surface area contributed by atoms with E-state index in [9.17, 15) is 0 Å². The molecular formula is C20H15N3. The molecular weight excluding hydrogens is 282 g/mol. The highest BCUT2D eigenvalue weighted by Crippen LogP contribution is 2.34. The van der Waals surface area contributed by atoms with Gasteiger partial charge in [0.25, 0.3) is 0 Å². The van der Waals surface area contributed by atoms with Crippen molar-refractivity contribution in [1.29, 1.82) is 0 Å². The van der Waals surface area contributed by atoms with Gasteiger partial charge in [0.2, 0.25) is 0 Å². The SMILES string of the molecule is Nc1ccc2ccccc2c1/N=N/c1cccc2ccccc12. The first-order chi connectivity index (χ1) is 11.3. The summed E-state index contributed by atoms with van der Waals surface area (Å²) in [6.45, 7) is 0. The monoisotopic (exact) mass is 297 g/mol. The topological polar surface area (TPSA) is 50.7 Å². The molecule has 4 aromatic rings. The molecule has 2 N–H and O–H groups in total. The molecule has 23 heavy (non-hydrogen) atoms. The van der Waals surface area contributed by atoms with E-state index in [4.69, 9.17) is 5.73 Å². The first-order valence-electron chi connectivity index (χ1n) is 7.50. The molecule has 0 bridgehead atoms. The van der Waals surface area contributed by atoms with Gasteiger partial charge in [-0.05, 0) is 22.9 Å². The molecule has 0 aliphatic heterocycles. The van der Waals surface area contributed by atoms with Crippen LogP contribution in [0.15, 0.2) is 89.1 Å². The Bertz CT molecular complexity index is 1030. The minimum Gasteiger partial charge on any atom is -0.397 e. The molecule has 0 aromatic heterocycles. The fourth-order valence-corrected chi connectivity index (χ4v) is 2.78. The highest BCUT2D eigenvalue weighted by atomic mass is 15.1. The predicted molar refractivity (Wildman–Crippen MR) is 96.5 cm³/mol. The Morgan fingerprint density at radius 1 is 0.565 bits per heavy atom. The summed E-state index contributed by atoms with van der Waals surface area (Å²) in [6, 6.07) is 26.1. The Hall–Kier alpha value is -3.20. The fraction of sp³-hybridized carbons (Fsp3) is 0. The number of anilines is 1. The van der Waals surface area contributed by atoms with E-state index in [1.807, 2.05) is 60.7 Å². The van der Waals surface area contributed by atoms with Crippen molar-refractivity contribution >= 4 is 38.6 Å². The van der Waals surface area contributed by atoms with Crippen LogP contribution in [0.2, 0.25) is 0 Å². The number of nitrogen functional groups attached to an aromatic ring is 1. The lowest BCUT2D eigenvalue weighted by molar-refractivity contribution is 1.25. The molecule has 4 aromatic carbocycles. The van der Waals surface area contributed by atoms with Gasteiger partial charge in [-0.1, -0.05) is 66.7 Å². The summed E-state index contributed by atoms with van der Waals surface area (Å²) < 4.78 is 0. The van der Waals surface area contributed by atoms with Gasteiger partial charge in [-0.2, -0.15) is 0 Å². The van der Waals surface area contributed by atoms with Crippen LogP contribution >= 0.6 is 0 Å². The third-order valence-corrected chi connectivity index (χ3v) is 3.96. The second-order valence-corrected chi connectivity index (χ2v) is 5.42. The number of nitrogens with zero attached hydrogens (tertiary/aromatic N) is 2. The van der Waals surface area contributed by atoms with Crippen LogP contribution in [0.1, 0.15) is 0 Å². The largest absolute Gasteiger partial charge is 0.397 e. The van der Waals surface area contributed by atoms with Gasteiger partial charge in [0.1, 0.15) is 5.69 Å². The van der Waals surface area contributed by atoms with Gasteiger partial charge >= 0.3 is 0 Å². The number of nitrogens with two attached hydrogens (primary N) is 1. The molecule has 0 spiro atoms. The van der Waals surface area contributed by atoms with E-state index in [1.165, 1.54) is 0 Å². The van der Waals surface area contributed by atoms with Gasteiger partial charge in [0.15, 0.2) is 0 Å². The zero-order valence-corrected chi connectivity index (χ0v) is 12.5. The molecule has 110 valence electrons. The van der Waals surface area contributed by atoms with Crippen LogP contribution in [-0.4, -0.2) is 0 Å². The normalized spacial score (nSPS) is 11.5. The van der Waals surface area contributed by atoms with E-state index in [0.29, 0.717) is 5.69 Å². The third kappa shape index (κ3) is 2.42. The third-order valence-electron chi connectivity index (χ3n) is 3.96. The molecule has 0 atom stereocenters. The number of benzene rings is 4. The summed E-state index contributed by atoms with van der Waals surface area (Å²) >= 11 is 0. The van der Waals surface area contributed by atoms with Crippen LogP contribution in [0, 0.1) is 0 Å². The fourth-order valence-electron chi connectivity index (χ4n) is 2.78. The van der Waals surface area contributed by atoms with Crippen molar-refractivity contribution < 1.29 is 0 Å². The molecule has 3 nitrogen and oxygen atoms in total. The smallest absolute Gasteiger partial charge is 0.116 e. The Morgan fingerprint density at radius 2 is 1.22 bits per heavy atom. The highest BCUT2D eigenvalue weighted by Gasteiger charge is 2.05. The summed E-state index contributed by atoms with van der Waals surface area (Å²) in [4.78, 5) is 0. The van der Waals surface area contributed by atoms with Crippen molar-refractivity contribution in [3.05, 3.63) is 78.9 Å². The molecule has 0 saturated carbocycles. The van der Waals surface area contributed by atoms with Crippen molar-refractivity contribution in [1.82, 2.24) is 0 Å². The molecule has 0 heterocycles.